The van der Waals surface area contributed by atoms with Crippen LogP contribution >= 0.6 is 0 Å². The van der Waals surface area contributed by atoms with Crippen LogP contribution < -0.4 is 14.8 Å². The minimum atomic E-state index is -4.57. The van der Waals surface area contributed by atoms with Gasteiger partial charge in [-0.05, 0) is 38.0 Å². The topological polar surface area (TPSA) is 96.7 Å². The Labute approximate surface area is 158 Å². The Balaban J connectivity index is 1.69. The summed E-state index contributed by atoms with van der Waals surface area (Å²) in [5, 5.41) is 31.2. The van der Waals surface area contributed by atoms with Crippen molar-refractivity contribution in [1.29, 1.82) is 0 Å². The fourth-order valence-corrected chi connectivity index (χ4v) is 3.44. The summed E-state index contributed by atoms with van der Waals surface area (Å²) in [6, 6.07) is 2.60. The van der Waals surface area contributed by atoms with Crippen LogP contribution in [0.1, 0.15) is 25.3 Å². The van der Waals surface area contributed by atoms with Gasteiger partial charge in [0.1, 0.15) is 24.7 Å². The first kappa shape index (κ1) is 18.6. The quantitative estimate of drug-likeness (QED) is 0.733. The number of nitrogens with zero attached hydrogens (tertiary/aromatic N) is 2. The highest BCUT2D eigenvalue weighted by Crippen LogP contribution is 2.46. The van der Waals surface area contributed by atoms with E-state index in [1.165, 1.54) is 0 Å². The first-order valence-corrected chi connectivity index (χ1v) is 8.70. The molecule has 0 radical (unpaired) electrons. The van der Waals surface area contributed by atoms with Crippen molar-refractivity contribution in [3.8, 4) is 28.5 Å². The van der Waals surface area contributed by atoms with Crippen LogP contribution in [-0.4, -0.2) is 45.3 Å². The smallest absolute Gasteiger partial charge is 0.416 e. The summed E-state index contributed by atoms with van der Waals surface area (Å²) < 4.78 is 49.8. The lowest BCUT2D eigenvalue weighted by Crippen LogP contribution is -2.48. The lowest BCUT2D eigenvalue weighted by molar-refractivity contribution is -0.137. The minimum absolute atomic E-state index is 0.00996. The van der Waals surface area contributed by atoms with Gasteiger partial charge in [-0.25, -0.2) is 0 Å². The highest BCUT2D eigenvalue weighted by atomic mass is 19.4. The molecule has 0 unspecified atom stereocenters. The van der Waals surface area contributed by atoms with Gasteiger partial charge >= 0.3 is 6.18 Å². The van der Waals surface area contributed by atoms with Gasteiger partial charge in [-0.3, -0.25) is 0 Å². The van der Waals surface area contributed by atoms with Crippen LogP contribution in [0.15, 0.2) is 18.2 Å². The van der Waals surface area contributed by atoms with Crippen LogP contribution in [0.5, 0.6) is 17.2 Å². The molecule has 0 spiro atoms. The van der Waals surface area contributed by atoms with Crippen LogP contribution in [0, 0.1) is 0 Å². The molecule has 1 aromatic carbocycles. The molecule has 0 atom stereocenters. The summed E-state index contributed by atoms with van der Waals surface area (Å²) in [5.41, 5.74) is -1.55. The molecule has 0 saturated heterocycles. The van der Waals surface area contributed by atoms with Crippen molar-refractivity contribution in [3.05, 3.63) is 23.8 Å². The molecule has 0 bridgehead atoms. The van der Waals surface area contributed by atoms with Gasteiger partial charge in [-0.2, -0.15) is 13.2 Å². The standard InChI is InChI=1S/C18H18F3N3O4/c1-17(26)7-10(8-17)22-16-15-14(27-4-5-28-15)13(23-24-16)11-3-2-9(6-12(11)25)18(19,20)21/h2-3,6,10,25-26H,4-5,7-8H2,1H3,(H,22,24)/t10-,17+. The number of phenolic OH excluding ortho intramolecular Hbond substituents is 1. The summed E-state index contributed by atoms with van der Waals surface area (Å²) in [5.74, 6) is 0.216. The second-order valence-corrected chi connectivity index (χ2v) is 7.23. The maximum absolute atomic E-state index is 12.8. The van der Waals surface area contributed by atoms with Crippen molar-refractivity contribution < 1.29 is 32.9 Å². The third kappa shape index (κ3) is 3.39. The highest BCUT2D eigenvalue weighted by molar-refractivity contribution is 5.78. The number of halogens is 3. The maximum atomic E-state index is 12.8. The number of aliphatic hydroxyl groups is 1. The van der Waals surface area contributed by atoms with Crippen LogP contribution in [0.3, 0.4) is 0 Å². The van der Waals surface area contributed by atoms with E-state index < -0.39 is 23.1 Å². The van der Waals surface area contributed by atoms with Gasteiger partial charge in [0.15, 0.2) is 11.6 Å². The predicted molar refractivity (Wildman–Crippen MR) is 92.4 cm³/mol. The molecule has 28 heavy (non-hydrogen) atoms. The molecule has 10 heteroatoms. The van der Waals surface area contributed by atoms with Gasteiger partial charge in [-0.15, -0.1) is 10.2 Å². The number of hydrogen-bond donors (Lipinski definition) is 3. The number of aromatic nitrogens is 2. The first-order chi connectivity index (χ1) is 13.1. The van der Waals surface area contributed by atoms with Gasteiger partial charge in [-0.1, -0.05) is 0 Å². The summed E-state index contributed by atoms with van der Waals surface area (Å²) >= 11 is 0. The Hall–Kier alpha value is -2.75. The molecule has 1 fully saturated rings. The van der Waals surface area contributed by atoms with E-state index in [4.69, 9.17) is 9.47 Å². The van der Waals surface area contributed by atoms with Gasteiger partial charge in [0.05, 0.1) is 11.2 Å². The van der Waals surface area contributed by atoms with E-state index in [2.05, 4.69) is 15.5 Å². The molecule has 4 rings (SSSR count). The second kappa shape index (κ2) is 6.40. The molecule has 1 aromatic heterocycles. The summed E-state index contributed by atoms with van der Waals surface area (Å²) in [6.45, 7) is 2.24. The molecule has 150 valence electrons. The minimum Gasteiger partial charge on any atom is -0.507 e. The lowest BCUT2D eigenvalue weighted by atomic mass is 9.77. The lowest BCUT2D eigenvalue weighted by Gasteiger charge is -2.41. The van der Waals surface area contributed by atoms with E-state index in [9.17, 15) is 23.4 Å². The number of aromatic hydroxyl groups is 1. The molecular formula is C18H18F3N3O4. The number of hydrogen-bond acceptors (Lipinski definition) is 7. The van der Waals surface area contributed by atoms with Gasteiger partial charge < -0.3 is 25.0 Å². The van der Waals surface area contributed by atoms with Crippen molar-refractivity contribution in [2.24, 2.45) is 0 Å². The average Bonchev–Trinajstić information content (AvgIpc) is 2.60. The van der Waals surface area contributed by atoms with Crippen molar-refractivity contribution >= 4 is 5.82 Å². The van der Waals surface area contributed by atoms with Crippen LogP contribution in [0.4, 0.5) is 19.0 Å². The fourth-order valence-electron chi connectivity index (χ4n) is 3.44. The maximum Gasteiger partial charge on any atom is 0.416 e. The number of alkyl halides is 3. The zero-order chi connectivity index (χ0) is 20.1. The summed E-state index contributed by atoms with van der Waals surface area (Å²) in [4.78, 5) is 0. The van der Waals surface area contributed by atoms with E-state index in [0.717, 1.165) is 12.1 Å². The first-order valence-electron chi connectivity index (χ1n) is 8.70. The third-order valence-corrected chi connectivity index (χ3v) is 4.76. The molecule has 0 amide bonds. The second-order valence-electron chi connectivity index (χ2n) is 7.23. The Morgan fingerprint density at radius 3 is 2.43 bits per heavy atom. The molecule has 3 N–H and O–H groups in total. The SMILES string of the molecule is C[C@]1(O)C[C@@H](Nc2nnc(-c3ccc(C(F)(F)F)cc3O)c3c2OCCO3)C1. The third-order valence-electron chi connectivity index (χ3n) is 4.76. The zero-order valence-corrected chi connectivity index (χ0v) is 14.9. The number of ether oxygens (including phenoxy) is 2. The van der Waals surface area contributed by atoms with Crippen LogP contribution in [0.25, 0.3) is 11.3 Å². The Bertz CT molecular complexity index is 910. The van der Waals surface area contributed by atoms with Crippen molar-refractivity contribution in [3.63, 3.8) is 0 Å². The molecule has 1 saturated carbocycles. The van der Waals surface area contributed by atoms with E-state index in [-0.39, 0.29) is 42.0 Å². The molecule has 1 aliphatic carbocycles. The molecule has 2 aliphatic rings. The molecule has 2 aromatic rings. The van der Waals surface area contributed by atoms with Crippen molar-refractivity contribution in [1.82, 2.24) is 10.2 Å². The summed E-state index contributed by atoms with van der Waals surface area (Å²) in [7, 11) is 0. The highest BCUT2D eigenvalue weighted by Gasteiger charge is 2.39. The Morgan fingerprint density at radius 2 is 1.82 bits per heavy atom. The van der Waals surface area contributed by atoms with E-state index in [1.807, 2.05) is 0 Å². The monoisotopic (exact) mass is 397 g/mol. The van der Waals surface area contributed by atoms with Gasteiger partial charge in [0, 0.05) is 11.6 Å². The normalized spacial score (nSPS) is 23.8. The van der Waals surface area contributed by atoms with Gasteiger partial charge in [0.2, 0.25) is 5.75 Å². The Morgan fingerprint density at radius 1 is 1.14 bits per heavy atom. The number of nitrogens with one attached hydrogen (secondary N) is 1. The van der Waals surface area contributed by atoms with Crippen LogP contribution in [0.2, 0.25) is 0 Å². The number of phenols is 1. The largest absolute Gasteiger partial charge is 0.507 e. The van der Waals surface area contributed by atoms with Gasteiger partial charge in [0.25, 0.3) is 0 Å². The Kier molecular flexibility index (Phi) is 4.25. The molecule has 2 heterocycles. The van der Waals surface area contributed by atoms with E-state index in [0.29, 0.717) is 24.7 Å². The zero-order valence-electron chi connectivity index (χ0n) is 14.9. The number of fused-ring (bicyclic) bond motifs is 1. The number of anilines is 1. The molecule has 7 nitrogen and oxygen atoms in total. The van der Waals surface area contributed by atoms with E-state index in [1.54, 1.807) is 6.92 Å². The predicted octanol–water partition coefficient (Wildman–Crippen LogP) is 2.96. The molecular weight excluding hydrogens is 379 g/mol. The molecule has 1 aliphatic heterocycles. The van der Waals surface area contributed by atoms with Crippen LogP contribution in [-0.2, 0) is 6.18 Å². The number of rotatable bonds is 3. The van der Waals surface area contributed by atoms with E-state index >= 15 is 0 Å². The summed E-state index contributed by atoms with van der Waals surface area (Å²) in [6.07, 6.45) is -3.50. The van der Waals surface area contributed by atoms with Crippen molar-refractivity contribution in [2.75, 3.05) is 18.5 Å². The van der Waals surface area contributed by atoms with Crippen molar-refractivity contribution in [2.45, 2.75) is 37.6 Å². The average molecular weight is 397 g/mol. The number of benzene rings is 1. The fraction of sp³-hybridized carbons (Fsp3) is 0.444.